The lowest BCUT2D eigenvalue weighted by Gasteiger charge is -2.35. The molecule has 0 bridgehead atoms. The zero-order chi connectivity index (χ0) is 14.7. The Morgan fingerprint density at radius 2 is 2.05 bits per heavy atom. The van der Waals surface area contributed by atoms with Gasteiger partial charge in [-0.3, -0.25) is 4.79 Å². The van der Waals surface area contributed by atoms with Crippen LogP contribution in [0.15, 0.2) is 0 Å². The molecule has 0 spiro atoms. The van der Waals surface area contributed by atoms with Gasteiger partial charge in [0.1, 0.15) is 0 Å². The molecule has 2 unspecified atom stereocenters. The minimum Gasteiger partial charge on any atom is -0.450 e. The number of carbonyl (C=O) groups excluding carboxylic acids is 2. The second-order valence-electron chi connectivity index (χ2n) is 6.01. The lowest BCUT2D eigenvalue weighted by molar-refractivity contribution is -0.137. The Kier molecular flexibility index (Phi) is 4.89. The van der Waals surface area contributed by atoms with Gasteiger partial charge in [0, 0.05) is 26.2 Å². The molecule has 2 atom stereocenters. The Labute approximate surface area is 121 Å². The van der Waals surface area contributed by atoms with Crippen LogP contribution in [0, 0.1) is 11.8 Å². The van der Waals surface area contributed by atoms with E-state index in [0.29, 0.717) is 31.7 Å². The number of amides is 2. The van der Waals surface area contributed by atoms with Crippen molar-refractivity contribution in [3.63, 3.8) is 0 Å². The van der Waals surface area contributed by atoms with E-state index in [2.05, 4.69) is 6.92 Å². The van der Waals surface area contributed by atoms with Gasteiger partial charge in [-0.05, 0) is 45.4 Å². The molecule has 1 aliphatic carbocycles. The topological polar surface area (TPSA) is 49.9 Å². The van der Waals surface area contributed by atoms with Crippen molar-refractivity contribution in [3.05, 3.63) is 0 Å². The highest BCUT2D eigenvalue weighted by molar-refractivity contribution is 5.80. The fourth-order valence-electron chi connectivity index (χ4n) is 2.94. The maximum atomic E-state index is 12.5. The summed E-state index contributed by atoms with van der Waals surface area (Å²) in [6.45, 7) is 5.51. The van der Waals surface area contributed by atoms with E-state index in [-0.39, 0.29) is 17.9 Å². The van der Waals surface area contributed by atoms with E-state index in [0.717, 1.165) is 12.8 Å². The van der Waals surface area contributed by atoms with Gasteiger partial charge in [-0.15, -0.1) is 0 Å². The van der Waals surface area contributed by atoms with Gasteiger partial charge in [-0.2, -0.15) is 0 Å². The van der Waals surface area contributed by atoms with E-state index in [1.165, 1.54) is 12.8 Å². The number of likely N-dealkylation sites (tertiary alicyclic amines) is 1. The predicted octanol–water partition coefficient (Wildman–Crippen LogP) is 2.11. The summed E-state index contributed by atoms with van der Waals surface area (Å²) in [4.78, 5) is 27.9. The van der Waals surface area contributed by atoms with Crippen molar-refractivity contribution in [2.75, 3.05) is 26.7 Å². The average Bonchev–Trinajstić information content (AvgIpc) is 3.30. The van der Waals surface area contributed by atoms with Crippen molar-refractivity contribution < 1.29 is 14.3 Å². The molecule has 1 aliphatic heterocycles. The smallest absolute Gasteiger partial charge is 0.409 e. The Balaban J connectivity index is 1.90. The summed E-state index contributed by atoms with van der Waals surface area (Å²) >= 11 is 0. The highest BCUT2D eigenvalue weighted by atomic mass is 16.6. The third kappa shape index (κ3) is 3.44. The molecular formula is C15H26N2O3. The second kappa shape index (κ2) is 6.46. The van der Waals surface area contributed by atoms with Crippen molar-refractivity contribution >= 4 is 12.0 Å². The standard InChI is InChI=1S/C15H26N2O3/c1-4-20-15(19)17-9-5-6-13(10-17)14(18)16(3)11(2)12-7-8-12/h11-13H,4-10H2,1-3H3. The summed E-state index contributed by atoms with van der Waals surface area (Å²) in [5, 5.41) is 0. The third-order valence-electron chi connectivity index (χ3n) is 4.56. The second-order valence-corrected chi connectivity index (χ2v) is 6.01. The number of nitrogens with zero attached hydrogens (tertiary/aromatic N) is 2. The molecule has 114 valence electrons. The minimum atomic E-state index is -0.289. The molecule has 1 saturated heterocycles. The van der Waals surface area contributed by atoms with Crippen molar-refractivity contribution in [1.82, 2.24) is 9.80 Å². The highest BCUT2D eigenvalue weighted by Crippen LogP contribution is 2.35. The molecule has 2 fully saturated rings. The summed E-state index contributed by atoms with van der Waals surface area (Å²) in [7, 11) is 1.90. The van der Waals surface area contributed by atoms with Crippen molar-refractivity contribution in [3.8, 4) is 0 Å². The molecule has 2 amide bonds. The normalized spacial score (nSPS) is 24.1. The van der Waals surface area contributed by atoms with Gasteiger partial charge >= 0.3 is 6.09 Å². The molecule has 2 rings (SSSR count). The van der Waals surface area contributed by atoms with Crippen LogP contribution in [0.2, 0.25) is 0 Å². The number of hydrogen-bond donors (Lipinski definition) is 0. The Morgan fingerprint density at radius 1 is 1.35 bits per heavy atom. The number of rotatable bonds is 4. The first kappa shape index (κ1) is 15.1. The quantitative estimate of drug-likeness (QED) is 0.793. The molecule has 5 heteroatoms. The fourth-order valence-corrected chi connectivity index (χ4v) is 2.94. The first-order valence-electron chi connectivity index (χ1n) is 7.73. The van der Waals surface area contributed by atoms with Crippen molar-refractivity contribution in [1.29, 1.82) is 0 Å². The van der Waals surface area contributed by atoms with Crippen molar-refractivity contribution in [2.45, 2.75) is 45.6 Å². The van der Waals surface area contributed by atoms with Crippen molar-refractivity contribution in [2.24, 2.45) is 11.8 Å². The number of carbonyl (C=O) groups is 2. The third-order valence-corrected chi connectivity index (χ3v) is 4.56. The maximum Gasteiger partial charge on any atom is 0.409 e. The molecule has 0 N–H and O–H groups in total. The van der Waals surface area contributed by atoms with Gasteiger partial charge in [0.2, 0.25) is 5.91 Å². The number of piperidine rings is 1. The Hall–Kier alpha value is -1.26. The summed E-state index contributed by atoms with van der Waals surface area (Å²) in [5.74, 6) is 0.784. The minimum absolute atomic E-state index is 0.0700. The van der Waals surface area contributed by atoms with Gasteiger partial charge in [0.05, 0.1) is 12.5 Å². The zero-order valence-electron chi connectivity index (χ0n) is 12.8. The molecule has 0 radical (unpaired) electrons. The lowest BCUT2D eigenvalue weighted by atomic mass is 9.96. The molecule has 0 aromatic heterocycles. The molecule has 1 heterocycles. The van der Waals surface area contributed by atoms with Crippen LogP contribution in [0.5, 0.6) is 0 Å². The predicted molar refractivity (Wildman–Crippen MR) is 76.3 cm³/mol. The average molecular weight is 282 g/mol. The van der Waals surface area contributed by atoms with Crippen LogP contribution in [0.4, 0.5) is 4.79 Å². The van der Waals surface area contributed by atoms with E-state index in [4.69, 9.17) is 4.74 Å². The van der Waals surface area contributed by atoms with Gasteiger partial charge in [0.15, 0.2) is 0 Å². The summed E-state index contributed by atoms with van der Waals surface area (Å²) in [6, 6.07) is 0.320. The Bertz CT molecular complexity index is 368. The van der Waals surface area contributed by atoms with E-state index in [1.54, 1.807) is 11.8 Å². The van der Waals surface area contributed by atoms with Gasteiger partial charge in [0.25, 0.3) is 0 Å². The molecule has 0 aromatic rings. The zero-order valence-corrected chi connectivity index (χ0v) is 12.8. The fraction of sp³-hybridized carbons (Fsp3) is 0.867. The molecule has 1 saturated carbocycles. The van der Waals surface area contributed by atoms with Crippen LogP contribution < -0.4 is 0 Å². The van der Waals surface area contributed by atoms with Crippen LogP contribution in [-0.2, 0) is 9.53 Å². The first-order chi connectivity index (χ1) is 9.54. The maximum absolute atomic E-state index is 12.5. The van der Waals surface area contributed by atoms with Crippen LogP contribution in [-0.4, -0.2) is 54.6 Å². The van der Waals surface area contributed by atoms with Gasteiger partial charge in [-0.25, -0.2) is 4.79 Å². The van der Waals surface area contributed by atoms with E-state index >= 15 is 0 Å². The van der Waals surface area contributed by atoms with Crippen LogP contribution in [0.1, 0.15) is 39.5 Å². The molecule has 0 aromatic carbocycles. The summed E-state index contributed by atoms with van der Waals surface area (Å²) in [6.07, 6.45) is 3.93. The van der Waals surface area contributed by atoms with Gasteiger partial charge in [-0.1, -0.05) is 0 Å². The van der Waals surface area contributed by atoms with E-state index in [9.17, 15) is 9.59 Å². The highest BCUT2D eigenvalue weighted by Gasteiger charge is 2.36. The van der Waals surface area contributed by atoms with Crippen LogP contribution in [0.25, 0.3) is 0 Å². The number of ether oxygens (including phenoxy) is 1. The lowest BCUT2D eigenvalue weighted by Crippen LogP contribution is -2.48. The monoisotopic (exact) mass is 282 g/mol. The van der Waals surface area contributed by atoms with Crippen LogP contribution in [0.3, 0.4) is 0 Å². The van der Waals surface area contributed by atoms with E-state index < -0.39 is 0 Å². The summed E-state index contributed by atoms with van der Waals surface area (Å²) < 4.78 is 5.03. The largest absolute Gasteiger partial charge is 0.450 e. The SMILES string of the molecule is CCOC(=O)N1CCCC(C(=O)N(C)C(C)C2CC2)C1. The number of hydrogen-bond acceptors (Lipinski definition) is 3. The molecule has 2 aliphatic rings. The van der Waals surface area contributed by atoms with Crippen LogP contribution >= 0.6 is 0 Å². The molecule has 5 nitrogen and oxygen atoms in total. The molecular weight excluding hydrogens is 256 g/mol. The molecule has 20 heavy (non-hydrogen) atoms. The van der Waals surface area contributed by atoms with Gasteiger partial charge < -0.3 is 14.5 Å². The van der Waals surface area contributed by atoms with E-state index in [1.807, 2.05) is 11.9 Å². The first-order valence-corrected chi connectivity index (χ1v) is 7.73. The summed E-state index contributed by atoms with van der Waals surface area (Å²) in [5.41, 5.74) is 0. The Morgan fingerprint density at radius 3 is 2.65 bits per heavy atom.